The van der Waals surface area contributed by atoms with Gasteiger partial charge in [-0.2, -0.15) is 0 Å². The summed E-state index contributed by atoms with van der Waals surface area (Å²) in [6.07, 6.45) is 10.5. The molecule has 2 amide bonds. The predicted octanol–water partition coefficient (Wildman–Crippen LogP) is 2.57. The highest BCUT2D eigenvalue weighted by Gasteiger charge is 2.44. The minimum atomic E-state index is 0.0419. The van der Waals surface area contributed by atoms with Crippen LogP contribution in [-0.2, 0) is 9.59 Å². The Morgan fingerprint density at radius 1 is 0.810 bits per heavy atom. The molecule has 3 rings (SSSR count). The molecule has 4 nitrogen and oxygen atoms in total. The van der Waals surface area contributed by atoms with E-state index in [1.807, 2.05) is 0 Å². The van der Waals surface area contributed by atoms with Crippen molar-refractivity contribution in [3.05, 3.63) is 0 Å². The van der Waals surface area contributed by atoms with Gasteiger partial charge in [-0.3, -0.25) is 14.5 Å². The third kappa shape index (κ3) is 3.47. The second-order valence-electron chi connectivity index (χ2n) is 7.26. The second kappa shape index (κ2) is 6.47. The van der Waals surface area contributed by atoms with Gasteiger partial charge in [-0.1, -0.05) is 12.8 Å². The van der Waals surface area contributed by atoms with E-state index < -0.39 is 0 Å². The normalized spacial score (nSPS) is 26.2. The molecule has 2 saturated heterocycles. The van der Waals surface area contributed by atoms with Crippen molar-refractivity contribution in [2.45, 2.75) is 64.2 Å². The van der Waals surface area contributed by atoms with E-state index in [1.54, 1.807) is 4.90 Å². The van der Waals surface area contributed by atoms with Gasteiger partial charge in [0.1, 0.15) is 0 Å². The molecule has 0 atom stereocenters. The lowest BCUT2D eigenvalue weighted by atomic mass is 9.76. The molecule has 0 bridgehead atoms. The van der Waals surface area contributed by atoms with Crippen LogP contribution in [0, 0.1) is 5.41 Å². The van der Waals surface area contributed by atoms with Gasteiger partial charge in [0.2, 0.25) is 11.8 Å². The van der Waals surface area contributed by atoms with Crippen molar-refractivity contribution in [1.29, 1.82) is 0 Å². The fourth-order valence-electron chi connectivity index (χ4n) is 4.37. The molecule has 0 radical (unpaired) electrons. The maximum absolute atomic E-state index is 12.3. The van der Waals surface area contributed by atoms with E-state index in [4.69, 9.17) is 0 Å². The number of amides is 2. The van der Waals surface area contributed by atoms with Crippen molar-refractivity contribution in [2.24, 2.45) is 5.41 Å². The van der Waals surface area contributed by atoms with Crippen LogP contribution < -0.4 is 0 Å². The van der Waals surface area contributed by atoms with Crippen LogP contribution in [0.3, 0.4) is 0 Å². The lowest BCUT2D eigenvalue weighted by Gasteiger charge is -2.37. The topological polar surface area (TPSA) is 40.6 Å². The molecule has 0 unspecified atom stereocenters. The molecule has 0 aromatic heterocycles. The first-order valence-electron chi connectivity index (χ1n) is 8.74. The number of hydrogen-bond acceptors (Lipinski definition) is 3. The Morgan fingerprint density at radius 2 is 1.38 bits per heavy atom. The number of imide groups is 1. The van der Waals surface area contributed by atoms with E-state index in [0.717, 1.165) is 32.2 Å². The van der Waals surface area contributed by atoms with Crippen molar-refractivity contribution < 1.29 is 9.59 Å². The van der Waals surface area contributed by atoms with Gasteiger partial charge in [0.15, 0.2) is 0 Å². The molecule has 4 heteroatoms. The molecular formula is C17H28N2O2. The lowest BCUT2D eigenvalue weighted by Crippen LogP contribution is -2.47. The average Bonchev–Trinajstić information content (AvgIpc) is 3.09. The molecule has 2 heterocycles. The van der Waals surface area contributed by atoms with Crippen LogP contribution in [0.15, 0.2) is 0 Å². The first kappa shape index (κ1) is 15.0. The lowest BCUT2D eigenvalue weighted by molar-refractivity contribution is -0.153. The predicted molar refractivity (Wildman–Crippen MR) is 81.8 cm³/mol. The number of nitrogens with zero attached hydrogens (tertiary/aromatic N) is 2. The molecule has 3 aliphatic rings. The summed E-state index contributed by atoms with van der Waals surface area (Å²) in [4.78, 5) is 28.7. The first-order chi connectivity index (χ1) is 10.2. The Kier molecular flexibility index (Phi) is 4.63. The highest BCUT2D eigenvalue weighted by Crippen LogP contribution is 2.46. The van der Waals surface area contributed by atoms with Crippen molar-refractivity contribution in [3.8, 4) is 0 Å². The zero-order valence-electron chi connectivity index (χ0n) is 13.1. The number of unbranched alkanes of at least 4 members (excludes halogenated alkanes) is 1. The Labute approximate surface area is 127 Å². The van der Waals surface area contributed by atoms with Gasteiger partial charge in [-0.25, -0.2) is 0 Å². The van der Waals surface area contributed by atoms with Gasteiger partial charge in [-0.15, -0.1) is 0 Å². The Morgan fingerprint density at radius 3 is 2.00 bits per heavy atom. The van der Waals surface area contributed by atoms with Crippen molar-refractivity contribution >= 4 is 11.8 Å². The van der Waals surface area contributed by atoms with Crippen molar-refractivity contribution in [2.75, 3.05) is 26.2 Å². The van der Waals surface area contributed by atoms with Crippen LogP contribution in [0.25, 0.3) is 0 Å². The van der Waals surface area contributed by atoms with E-state index in [9.17, 15) is 9.59 Å². The average molecular weight is 292 g/mol. The second-order valence-corrected chi connectivity index (χ2v) is 7.26. The first-order valence-corrected chi connectivity index (χ1v) is 8.74. The fraction of sp³-hybridized carbons (Fsp3) is 0.882. The number of piperidine rings is 1. The minimum Gasteiger partial charge on any atom is -0.303 e. The summed E-state index contributed by atoms with van der Waals surface area (Å²) in [6, 6.07) is 0. The van der Waals surface area contributed by atoms with Crippen LogP contribution >= 0.6 is 0 Å². The van der Waals surface area contributed by atoms with Gasteiger partial charge in [-0.05, 0) is 63.6 Å². The molecule has 1 spiro atoms. The van der Waals surface area contributed by atoms with Crippen LogP contribution in [0.2, 0.25) is 0 Å². The van der Waals surface area contributed by atoms with Crippen LogP contribution in [0.1, 0.15) is 64.2 Å². The van der Waals surface area contributed by atoms with E-state index >= 15 is 0 Å². The molecule has 0 N–H and O–H groups in total. The number of hydrogen-bond donors (Lipinski definition) is 0. The third-order valence-corrected chi connectivity index (χ3v) is 5.62. The quantitative estimate of drug-likeness (QED) is 0.577. The van der Waals surface area contributed by atoms with E-state index in [-0.39, 0.29) is 17.2 Å². The zero-order chi connectivity index (χ0) is 14.7. The van der Waals surface area contributed by atoms with Gasteiger partial charge in [0, 0.05) is 19.4 Å². The maximum atomic E-state index is 12.3. The monoisotopic (exact) mass is 292 g/mol. The zero-order valence-corrected chi connectivity index (χ0v) is 13.1. The number of carbonyl (C=O) groups excluding carboxylic acids is 2. The van der Waals surface area contributed by atoms with Crippen LogP contribution in [0.5, 0.6) is 0 Å². The Hall–Kier alpha value is -0.900. The molecule has 118 valence electrons. The summed E-state index contributed by atoms with van der Waals surface area (Å²) in [5.41, 5.74) is 0.0419. The van der Waals surface area contributed by atoms with E-state index in [2.05, 4.69) is 4.90 Å². The van der Waals surface area contributed by atoms with E-state index in [1.165, 1.54) is 38.8 Å². The summed E-state index contributed by atoms with van der Waals surface area (Å²) >= 11 is 0. The Bertz CT molecular complexity index is 376. The number of rotatable bonds is 5. The van der Waals surface area contributed by atoms with Crippen LogP contribution in [-0.4, -0.2) is 47.8 Å². The smallest absolute Gasteiger partial charge is 0.229 e. The molecule has 1 aliphatic carbocycles. The van der Waals surface area contributed by atoms with Crippen molar-refractivity contribution in [1.82, 2.24) is 9.80 Å². The van der Waals surface area contributed by atoms with Gasteiger partial charge < -0.3 is 4.90 Å². The van der Waals surface area contributed by atoms with Gasteiger partial charge in [0.25, 0.3) is 0 Å². The molecule has 2 aliphatic heterocycles. The Balaban J connectivity index is 1.43. The molecule has 1 saturated carbocycles. The molecule has 0 aromatic carbocycles. The highest BCUT2D eigenvalue weighted by atomic mass is 16.2. The maximum Gasteiger partial charge on any atom is 0.229 e. The highest BCUT2D eigenvalue weighted by molar-refractivity contribution is 5.98. The number of carbonyl (C=O) groups is 2. The summed E-state index contributed by atoms with van der Waals surface area (Å²) in [7, 11) is 0. The molecule has 21 heavy (non-hydrogen) atoms. The summed E-state index contributed by atoms with van der Waals surface area (Å²) in [6.45, 7) is 4.22. The van der Waals surface area contributed by atoms with E-state index in [0.29, 0.717) is 19.4 Å². The SMILES string of the molecule is O=C1CC2(CCCC2)CC(=O)N1CCCCN1CCCC1. The largest absolute Gasteiger partial charge is 0.303 e. The molecule has 0 aromatic rings. The summed E-state index contributed by atoms with van der Waals surface area (Å²) in [5.74, 6) is 0.184. The number of likely N-dealkylation sites (tertiary alicyclic amines) is 2. The van der Waals surface area contributed by atoms with Crippen LogP contribution in [0.4, 0.5) is 0 Å². The van der Waals surface area contributed by atoms with Gasteiger partial charge >= 0.3 is 0 Å². The standard InChI is InChI=1S/C17H28N2O2/c20-15-13-17(7-1-2-8-17)14-16(21)19(15)12-6-5-11-18-9-3-4-10-18/h1-14H2. The molecule has 3 fully saturated rings. The fourth-order valence-corrected chi connectivity index (χ4v) is 4.37. The third-order valence-electron chi connectivity index (χ3n) is 5.62. The summed E-state index contributed by atoms with van der Waals surface area (Å²) < 4.78 is 0. The summed E-state index contributed by atoms with van der Waals surface area (Å²) in [5, 5.41) is 0. The van der Waals surface area contributed by atoms with Gasteiger partial charge in [0.05, 0.1) is 0 Å². The van der Waals surface area contributed by atoms with Crippen molar-refractivity contribution in [3.63, 3.8) is 0 Å². The minimum absolute atomic E-state index is 0.0419. The molecular weight excluding hydrogens is 264 g/mol.